The van der Waals surface area contributed by atoms with Crippen LogP contribution >= 0.6 is 15.9 Å². The summed E-state index contributed by atoms with van der Waals surface area (Å²) >= 11 is 3.26. The van der Waals surface area contributed by atoms with Gasteiger partial charge in [0.15, 0.2) is 5.78 Å². The molecule has 0 bridgehead atoms. The third-order valence-corrected chi connectivity index (χ3v) is 7.19. The molecule has 9 heteroatoms. The maximum atomic E-state index is 15.2. The number of allylic oxidation sites excluding steroid dienone is 1. The van der Waals surface area contributed by atoms with Gasteiger partial charge in [-0.3, -0.25) is 14.5 Å². The van der Waals surface area contributed by atoms with Gasteiger partial charge in [0.1, 0.15) is 22.6 Å². The minimum atomic E-state index is -1.78. The first-order valence-corrected chi connectivity index (χ1v) is 12.1. The lowest BCUT2D eigenvalue weighted by Crippen LogP contribution is -2.53. The van der Waals surface area contributed by atoms with E-state index < -0.39 is 23.1 Å². The highest BCUT2D eigenvalue weighted by atomic mass is 79.9. The number of Topliss-reactive ketones (excluding diaryl/α,β-unsaturated/α-hetero) is 1. The molecule has 180 valence electrons. The number of carbonyl (C=O) groups excluding carboxylic acids is 3. The number of nitrogens with two attached hydrogens (primary N) is 1. The van der Waals surface area contributed by atoms with Crippen molar-refractivity contribution < 1.29 is 23.5 Å². The first-order valence-electron chi connectivity index (χ1n) is 11.3. The quantitative estimate of drug-likeness (QED) is 0.562. The predicted molar refractivity (Wildman–Crippen MR) is 132 cm³/mol. The van der Waals surface area contributed by atoms with E-state index >= 15 is 4.39 Å². The molecule has 0 saturated heterocycles. The highest BCUT2D eigenvalue weighted by Crippen LogP contribution is 2.55. The minimum absolute atomic E-state index is 0.0283. The molecule has 0 fully saturated rings. The molecule has 2 aliphatic heterocycles. The monoisotopic (exact) mass is 539 g/mol. The summed E-state index contributed by atoms with van der Waals surface area (Å²) in [7, 11) is 0. The number of esters is 1. The third kappa shape index (κ3) is 3.25. The fourth-order valence-electron chi connectivity index (χ4n) is 5.36. The van der Waals surface area contributed by atoms with E-state index in [1.165, 1.54) is 17.0 Å². The molecular weight excluding hydrogens is 517 g/mol. The number of amides is 1. The molecule has 0 radical (unpaired) electrons. The fourth-order valence-corrected chi connectivity index (χ4v) is 5.69. The Balaban J connectivity index is 1.92. The normalized spacial score (nSPS) is 21.3. The van der Waals surface area contributed by atoms with Crippen LogP contribution in [0.2, 0.25) is 0 Å². The Morgan fingerprint density at radius 1 is 1.23 bits per heavy atom. The van der Waals surface area contributed by atoms with Crippen LogP contribution in [0.3, 0.4) is 0 Å². The van der Waals surface area contributed by atoms with Gasteiger partial charge in [0.05, 0.1) is 12.3 Å². The van der Waals surface area contributed by atoms with E-state index in [9.17, 15) is 14.4 Å². The van der Waals surface area contributed by atoms with E-state index in [0.29, 0.717) is 34.3 Å². The molecule has 7 nitrogen and oxygen atoms in total. The van der Waals surface area contributed by atoms with Gasteiger partial charge in [-0.25, -0.2) is 9.18 Å². The van der Waals surface area contributed by atoms with Gasteiger partial charge in [-0.2, -0.15) is 0 Å². The number of rotatable bonds is 3. The first kappa shape index (κ1) is 23.3. The molecule has 35 heavy (non-hydrogen) atoms. The molecule has 3 N–H and O–H groups in total. The molecule has 3 aliphatic rings. The largest absolute Gasteiger partial charge is 0.462 e. The molecule has 5 rings (SSSR count). The Morgan fingerprint density at radius 2 is 2.00 bits per heavy atom. The number of carbonyl (C=O) groups is 3. The molecule has 0 saturated carbocycles. The second-order valence-corrected chi connectivity index (χ2v) is 9.68. The Labute approximate surface area is 209 Å². The Kier molecular flexibility index (Phi) is 5.55. The van der Waals surface area contributed by atoms with Gasteiger partial charge in [0, 0.05) is 33.4 Å². The maximum Gasteiger partial charge on any atom is 0.339 e. The Bertz CT molecular complexity index is 1380. The van der Waals surface area contributed by atoms with Crippen molar-refractivity contribution in [2.24, 2.45) is 5.73 Å². The number of hydrogen-bond acceptors (Lipinski definition) is 6. The Morgan fingerprint density at radius 3 is 2.71 bits per heavy atom. The molecule has 1 amide bonds. The molecule has 2 aromatic rings. The molecule has 1 aliphatic carbocycles. The molecule has 2 heterocycles. The summed E-state index contributed by atoms with van der Waals surface area (Å²) in [6.07, 6.45) is 1.08. The van der Waals surface area contributed by atoms with E-state index in [0.717, 1.165) is 5.56 Å². The SMILES string of the molecule is CCOC(=O)C1=C(N)N(c2ccc(Br)cc2F)C2=C(C(=O)CCC2)C12C(=O)Nc1ccc(C)cc12. The topological polar surface area (TPSA) is 102 Å². The van der Waals surface area contributed by atoms with Crippen LogP contribution in [0.5, 0.6) is 0 Å². The van der Waals surface area contributed by atoms with Crippen molar-refractivity contribution in [2.45, 2.75) is 38.5 Å². The van der Waals surface area contributed by atoms with Crippen molar-refractivity contribution in [3.05, 3.63) is 80.5 Å². The highest BCUT2D eigenvalue weighted by molar-refractivity contribution is 9.10. The van der Waals surface area contributed by atoms with Crippen LogP contribution in [-0.4, -0.2) is 24.3 Å². The van der Waals surface area contributed by atoms with Crippen LogP contribution in [0, 0.1) is 12.7 Å². The average molecular weight is 540 g/mol. The number of nitrogens with zero attached hydrogens (tertiary/aromatic N) is 1. The molecule has 2 aromatic carbocycles. The minimum Gasteiger partial charge on any atom is -0.462 e. The molecular formula is C26H23BrFN3O4. The van der Waals surface area contributed by atoms with Crippen molar-refractivity contribution in [3.8, 4) is 0 Å². The highest BCUT2D eigenvalue weighted by Gasteiger charge is 2.62. The number of aryl methyl sites for hydroxylation is 1. The van der Waals surface area contributed by atoms with E-state index in [-0.39, 0.29) is 41.5 Å². The van der Waals surface area contributed by atoms with E-state index in [1.54, 1.807) is 25.1 Å². The average Bonchev–Trinajstić information content (AvgIpc) is 3.07. The summed E-state index contributed by atoms with van der Waals surface area (Å²) in [5, 5.41) is 2.84. The van der Waals surface area contributed by atoms with E-state index in [2.05, 4.69) is 21.2 Å². The summed E-state index contributed by atoms with van der Waals surface area (Å²) in [6.45, 7) is 3.53. The molecule has 0 aromatic heterocycles. The summed E-state index contributed by atoms with van der Waals surface area (Å²) < 4.78 is 21.1. The third-order valence-electron chi connectivity index (χ3n) is 6.70. The van der Waals surface area contributed by atoms with Crippen LogP contribution < -0.4 is 16.0 Å². The lowest BCUT2D eigenvalue weighted by molar-refractivity contribution is -0.140. The predicted octanol–water partition coefficient (Wildman–Crippen LogP) is 4.35. The standard InChI is InChI=1S/C26H23BrFN3O4/c1-3-35-24(33)22-23(29)31(18-10-8-14(27)12-16(18)28)19-5-4-6-20(32)21(19)26(22)15-11-13(2)7-9-17(15)30-25(26)34/h7-12H,3-6,29H2,1-2H3,(H,30,34). The summed E-state index contributed by atoms with van der Waals surface area (Å²) in [5.41, 5.74) is 7.12. The Hall–Kier alpha value is -3.46. The fraction of sp³-hybridized carbons (Fsp3) is 0.269. The van der Waals surface area contributed by atoms with Crippen LogP contribution in [0.1, 0.15) is 37.3 Å². The lowest BCUT2D eigenvalue weighted by atomic mass is 9.63. The van der Waals surface area contributed by atoms with Gasteiger partial charge in [-0.05, 0) is 51.0 Å². The second kappa shape index (κ2) is 8.34. The summed E-state index contributed by atoms with van der Waals surface area (Å²) in [4.78, 5) is 42.3. The van der Waals surface area contributed by atoms with Crippen molar-refractivity contribution in [1.29, 1.82) is 0 Å². The number of nitrogens with one attached hydrogen (secondary N) is 1. The number of hydrogen-bond donors (Lipinski definition) is 2. The van der Waals surface area contributed by atoms with Crippen LogP contribution in [0.25, 0.3) is 0 Å². The number of halogens is 2. The number of ether oxygens (including phenoxy) is 1. The lowest BCUT2D eigenvalue weighted by Gasteiger charge is -2.44. The first-order chi connectivity index (χ1) is 16.7. The summed E-state index contributed by atoms with van der Waals surface area (Å²) in [6, 6.07) is 9.80. The van der Waals surface area contributed by atoms with E-state index in [4.69, 9.17) is 10.5 Å². The maximum absolute atomic E-state index is 15.2. The number of fused-ring (bicyclic) bond motifs is 3. The van der Waals surface area contributed by atoms with Crippen LogP contribution in [0.4, 0.5) is 15.8 Å². The zero-order valence-corrected chi connectivity index (χ0v) is 20.8. The van der Waals surface area contributed by atoms with Crippen molar-refractivity contribution >= 4 is 45.0 Å². The zero-order valence-electron chi connectivity index (χ0n) is 19.2. The number of ketones is 1. The summed E-state index contributed by atoms with van der Waals surface area (Å²) in [5.74, 6) is -2.40. The van der Waals surface area contributed by atoms with Crippen molar-refractivity contribution in [3.63, 3.8) is 0 Å². The van der Waals surface area contributed by atoms with E-state index in [1.807, 2.05) is 13.0 Å². The molecule has 1 unspecified atom stereocenters. The van der Waals surface area contributed by atoms with Gasteiger partial charge in [0.2, 0.25) is 5.91 Å². The molecule has 1 spiro atoms. The van der Waals surface area contributed by atoms with Gasteiger partial charge < -0.3 is 15.8 Å². The van der Waals surface area contributed by atoms with Crippen LogP contribution in [-0.2, 0) is 24.5 Å². The number of benzene rings is 2. The smallest absolute Gasteiger partial charge is 0.339 e. The van der Waals surface area contributed by atoms with Gasteiger partial charge >= 0.3 is 5.97 Å². The van der Waals surface area contributed by atoms with Crippen LogP contribution in [0.15, 0.2) is 63.5 Å². The molecule has 1 atom stereocenters. The zero-order chi connectivity index (χ0) is 25.1. The van der Waals surface area contributed by atoms with Crippen molar-refractivity contribution in [1.82, 2.24) is 0 Å². The van der Waals surface area contributed by atoms with Gasteiger partial charge in [-0.1, -0.05) is 33.6 Å². The number of anilines is 2. The van der Waals surface area contributed by atoms with Crippen molar-refractivity contribution in [2.75, 3.05) is 16.8 Å². The second-order valence-electron chi connectivity index (χ2n) is 8.76. The van der Waals surface area contributed by atoms with Gasteiger partial charge in [-0.15, -0.1) is 0 Å². The van der Waals surface area contributed by atoms with Gasteiger partial charge in [0.25, 0.3) is 0 Å².